The number of hydrogen-bond acceptors (Lipinski definition) is 6. The minimum Gasteiger partial charge on any atom is -0.511 e. The first-order chi connectivity index (χ1) is 13.4. The topological polar surface area (TPSA) is 59.4 Å². The number of aliphatic hydroxyl groups is 1. The van der Waals surface area contributed by atoms with Crippen molar-refractivity contribution in [2.24, 2.45) is 11.8 Å². The Bertz CT molecular complexity index is 1020. The van der Waals surface area contributed by atoms with Gasteiger partial charge in [0.15, 0.2) is 5.78 Å². The van der Waals surface area contributed by atoms with E-state index in [9.17, 15) is 9.90 Å². The molecule has 1 aliphatic carbocycles. The third kappa shape index (κ3) is 2.48. The molecule has 1 aromatic heterocycles. The zero-order chi connectivity index (χ0) is 19.6. The lowest BCUT2D eigenvalue weighted by Crippen LogP contribution is -2.40. The SMILES string of the molecule is Cc1cc(C)c(C2=C(O)[C@H]3[C@@H]4C=C[C@@](CSc5nccs5)(O4)[C@H]3C2=O)c(C)c1. The van der Waals surface area contributed by atoms with Crippen molar-refractivity contribution in [3.05, 3.63) is 63.9 Å². The van der Waals surface area contributed by atoms with E-state index in [0.29, 0.717) is 11.3 Å². The van der Waals surface area contributed by atoms with Gasteiger partial charge in [-0.3, -0.25) is 4.79 Å². The van der Waals surface area contributed by atoms with Gasteiger partial charge in [0.05, 0.1) is 23.5 Å². The second-order valence-corrected chi connectivity index (χ2v) is 10.0. The molecule has 2 bridgehead atoms. The van der Waals surface area contributed by atoms with Gasteiger partial charge in [-0.15, -0.1) is 11.3 Å². The van der Waals surface area contributed by atoms with Crippen LogP contribution in [0.4, 0.5) is 0 Å². The molecule has 1 saturated heterocycles. The molecule has 0 saturated carbocycles. The molecule has 0 unspecified atom stereocenters. The highest BCUT2D eigenvalue weighted by Crippen LogP contribution is 2.57. The molecular formula is C22H21NO3S2. The summed E-state index contributed by atoms with van der Waals surface area (Å²) in [7, 11) is 0. The molecule has 2 aromatic rings. The number of ketones is 1. The van der Waals surface area contributed by atoms with Crippen LogP contribution in [0.2, 0.25) is 0 Å². The molecule has 0 spiro atoms. The number of thiazole rings is 1. The summed E-state index contributed by atoms with van der Waals surface area (Å²) in [5.74, 6) is 0.159. The molecule has 3 heterocycles. The Labute approximate surface area is 172 Å². The highest BCUT2D eigenvalue weighted by molar-refractivity contribution is 8.01. The van der Waals surface area contributed by atoms with E-state index >= 15 is 0 Å². The Hall–Kier alpha value is -1.89. The van der Waals surface area contributed by atoms with Crippen LogP contribution in [0.5, 0.6) is 0 Å². The lowest BCUT2D eigenvalue weighted by atomic mass is 9.76. The van der Waals surface area contributed by atoms with Gasteiger partial charge in [0.25, 0.3) is 0 Å². The van der Waals surface area contributed by atoms with Crippen molar-refractivity contribution in [3.63, 3.8) is 0 Å². The van der Waals surface area contributed by atoms with Gasteiger partial charge < -0.3 is 9.84 Å². The van der Waals surface area contributed by atoms with E-state index in [-0.39, 0.29) is 29.5 Å². The van der Waals surface area contributed by atoms with Gasteiger partial charge in [-0.1, -0.05) is 41.6 Å². The van der Waals surface area contributed by atoms with Crippen LogP contribution in [0.25, 0.3) is 5.57 Å². The number of benzene rings is 1. The molecule has 4 nitrogen and oxygen atoms in total. The lowest BCUT2D eigenvalue weighted by molar-refractivity contribution is -0.120. The number of aryl methyl sites for hydroxylation is 3. The number of carbonyl (C=O) groups excluding carboxylic acids is 1. The Morgan fingerprint density at radius 3 is 2.71 bits per heavy atom. The van der Waals surface area contributed by atoms with Crippen LogP contribution in [-0.4, -0.2) is 33.3 Å². The van der Waals surface area contributed by atoms with Crippen molar-refractivity contribution in [1.29, 1.82) is 0 Å². The second-order valence-electron chi connectivity index (χ2n) is 7.88. The van der Waals surface area contributed by atoms with Crippen LogP contribution in [0.15, 0.2) is 46.0 Å². The number of Topliss-reactive ketones (excluding diaryl/α,β-unsaturated/α-hetero) is 1. The summed E-state index contributed by atoms with van der Waals surface area (Å²) in [5, 5.41) is 13.1. The van der Waals surface area contributed by atoms with Gasteiger partial charge in [0, 0.05) is 17.3 Å². The number of aliphatic hydroxyl groups excluding tert-OH is 1. The van der Waals surface area contributed by atoms with E-state index in [4.69, 9.17) is 4.74 Å². The average molecular weight is 412 g/mol. The Kier molecular flexibility index (Phi) is 4.09. The molecule has 1 fully saturated rings. The first kappa shape index (κ1) is 18.2. The van der Waals surface area contributed by atoms with Gasteiger partial charge in [-0.05, 0) is 37.5 Å². The number of thioether (sulfide) groups is 1. The molecule has 1 N–H and O–H groups in total. The molecule has 0 radical (unpaired) electrons. The molecule has 6 heteroatoms. The van der Waals surface area contributed by atoms with E-state index in [1.54, 1.807) is 29.3 Å². The molecule has 1 aromatic carbocycles. The highest BCUT2D eigenvalue weighted by Gasteiger charge is 2.64. The standard InChI is InChI=1S/C22H21NO3S2/c1-11-8-12(2)15(13(3)9-11)17-19(24)16-14-4-5-22(26-14,18(16)20(17)25)10-28-21-23-6-7-27-21/h4-9,14,16,18,24H,10H2,1-3H3/t14-,16-,18+,22-/m0/s1. The van der Waals surface area contributed by atoms with E-state index in [1.807, 2.05) is 38.3 Å². The minimum atomic E-state index is -0.676. The third-order valence-corrected chi connectivity index (χ3v) is 8.18. The van der Waals surface area contributed by atoms with Gasteiger partial charge >= 0.3 is 0 Å². The van der Waals surface area contributed by atoms with Crippen molar-refractivity contribution in [3.8, 4) is 0 Å². The van der Waals surface area contributed by atoms with E-state index < -0.39 is 5.60 Å². The fourth-order valence-electron chi connectivity index (χ4n) is 5.05. The van der Waals surface area contributed by atoms with Gasteiger partial charge in [0.2, 0.25) is 0 Å². The van der Waals surface area contributed by atoms with E-state index in [2.05, 4.69) is 17.1 Å². The maximum absolute atomic E-state index is 13.6. The summed E-state index contributed by atoms with van der Waals surface area (Å²) in [5.41, 5.74) is 3.91. The van der Waals surface area contributed by atoms with Crippen LogP contribution in [0, 0.1) is 32.6 Å². The monoisotopic (exact) mass is 411 g/mol. The lowest BCUT2D eigenvalue weighted by Gasteiger charge is -2.28. The molecule has 5 rings (SSSR count). The van der Waals surface area contributed by atoms with E-state index in [1.165, 1.54) is 0 Å². The summed E-state index contributed by atoms with van der Waals surface area (Å²) in [6.45, 7) is 6.06. The molecule has 0 amide bonds. The van der Waals surface area contributed by atoms with Crippen LogP contribution in [-0.2, 0) is 9.53 Å². The van der Waals surface area contributed by atoms with Gasteiger partial charge in [0.1, 0.15) is 15.7 Å². The maximum Gasteiger partial charge on any atom is 0.174 e. The first-order valence-corrected chi connectivity index (χ1v) is 11.2. The molecule has 4 atom stereocenters. The minimum absolute atomic E-state index is 0.00384. The number of rotatable bonds is 4. The Morgan fingerprint density at radius 2 is 2.04 bits per heavy atom. The Morgan fingerprint density at radius 1 is 1.29 bits per heavy atom. The summed E-state index contributed by atoms with van der Waals surface area (Å²) in [4.78, 5) is 17.9. The number of nitrogens with zero attached hydrogens (tertiary/aromatic N) is 1. The Balaban J connectivity index is 1.53. The van der Waals surface area contributed by atoms with E-state index in [0.717, 1.165) is 26.6 Å². The van der Waals surface area contributed by atoms with Crippen molar-refractivity contribution < 1.29 is 14.6 Å². The largest absolute Gasteiger partial charge is 0.511 e. The maximum atomic E-state index is 13.6. The summed E-state index contributed by atoms with van der Waals surface area (Å²) in [6, 6.07) is 4.14. The molecule has 144 valence electrons. The predicted octanol–water partition coefficient (Wildman–Crippen LogP) is 4.65. The third-order valence-electron chi connectivity index (χ3n) is 6.02. The zero-order valence-electron chi connectivity index (χ0n) is 15.9. The normalized spacial score (nSPS) is 30.5. The number of allylic oxidation sites excluding steroid dienone is 1. The summed E-state index contributed by atoms with van der Waals surface area (Å²) < 4.78 is 7.22. The number of carbonyl (C=O) groups is 1. The molecule has 2 aliphatic heterocycles. The van der Waals surface area contributed by atoms with Crippen LogP contribution >= 0.6 is 23.1 Å². The van der Waals surface area contributed by atoms with Crippen molar-refractivity contribution in [2.45, 2.75) is 36.8 Å². The fraction of sp³-hybridized carbons (Fsp3) is 0.364. The fourth-order valence-corrected chi connectivity index (χ4v) is 6.86. The molecule has 28 heavy (non-hydrogen) atoms. The predicted molar refractivity (Wildman–Crippen MR) is 112 cm³/mol. The number of fused-ring (bicyclic) bond motifs is 5. The first-order valence-electron chi connectivity index (χ1n) is 9.36. The van der Waals surface area contributed by atoms with Gasteiger partial charge in [-0.2, -0.15) is 0 Å². The molecular weight excluding hydrogens is 390 g/mol. The van der Waals surface area contributed by atoms with Crippen LogP contribution < -0.4 is 0 Å². The number of aromatic nitrogens is 1. The summed E-state index contributed by atoms with van der Waals surface area (Å²) >= 11 is 3.20. The zero-order valence-corrected chi connectivity index (χ0v) is 17.6. The number of hydrogen-bond donors (Lipinski definition) is 1. The van der Waals surface area contributed by atoms with Crippen LogP contribution in [0.3, 0.4) is 0 Å². The van der Waals surface area contributed by atoms with Crippen molar-refractivity contribution in [1.82, 2.24) is 4.98 Å². The highest BCUT2D eigenvalue weighted by atomic mass is 32.2. The quantitative estimate of drug-likeness (QED) is 0.586. The van der Waals surface area contributed by atoms with Crippen molar-refractivity contribution >= 4 is 34.5 Å². The van der Waals surface area contributed by atoms with Gasteiger partial charge in [-0.25, -0.2) is 4.98 Å². The second kappa shape index (κ2) is 6.31. The van der Waals surface area contributed by atoms with Crippen LogP contribution in [0.1, 0.15) is 22.3 Å². The number of ether oxygens (including phenoxy) is 1. The average Bonchev–Trinajstić information content (AvgIpc) is 3.39. The summed E-state index contributed by atoms with van der Waals surface area (Å²) in [6.07, 6.45) is 5.58. The smallest absolute Gasteiger partial charge is 0.174 e. The molecule has 3 aliphatic rings. The van der Waals surface area contributed by atoms with Crippen molar-refractivity contribution in [2.75, 3.05) is 5.75 Å².